The topological polar surface area (TPSA) is 15.3 Å². The highest BCUT2D eigenvalue weighted by atomic mass is 79.9. The van der Waals surface area contributed by atoms with E-state index >= 15 is 0 Å². The summed E-state index contributed by atoms with van der Waals surface area (Å²) in [5.41, 5.74) is 1.02. The van der Waals surface area contributed by atoms with Crippen molar-refractivity contribution in [1.82, 2.24) is 10.2 Å². The van der Waals surface area contributed by atoms with Gasteiger partial charge in [0.1, 0.15) is 5.82 Å². The van der Waals surface area contributed by atoms with E-state index in [1.807, 2.05) is 6.07 Å². The van der Waals surface area contributed by atoms with Gasteiger partial charge in [-0.1, -0.05) is 12.1 Å². The van der Waals surface area contributed by atoms with Crippen LogP contribution in [-0.2, 0) is 6.54 Å². The van der Waals surface area contributed by atoms with Crippen LogP contribution in [0.5, 0.6) is 0 Å². The van der Waals surface area contributed by atoms with Crippen LogP contribution in [0.4, 0.5) is 4.39 Å². The van der Waals surface area contributed by atoms with Gasteiger partial charge in [0.2, 0.25) is 0 Å². The molecule has 15 heavy (non-hydrogen) atoms. The molecule has 0 spiro atoms. The number of halogens is 2. The second-order valence-corrected chi connectivity index (χ2v) is 4.53. The Kier molecular flexibility index (Phi) is 3.72. The Balaban J connectivity index is 2.06. The molecule has 1 aromatic rings. The predicted molar refractivity (Wildman–Crippen MR) is 62.2 cm³/mol. The first-order valence-electron chi connectivity index (χ1n) is 5.13. The molecule has 0 saturated carbocycles. The number of rotatable bonds is 2. The molecule has 0 bridgehead atoms. The van der Waals surface area contributed by atoms with Crippen molar-refractivity contribution >= 4 is 15.9 Å². The summed E-state index contributed by atoms with van der Waals surface area (Å²) in [5.74, 6) is -0.178. The Morgan fingerprint density at radius 2 is 2.07 bits per heavy atom. The van der Waals surface area contributed by atoms with Crippen molar-refractivity contribution in [1.29, 1.82) is 0 Å². The predicted octanol–water partition coefficient (Wildman–Crippen LogP) is 1.99. The monoisotopic (exact) mass is 272 g/mol. The highest BCUT2D eigenvalue weighted by molar-refractivity contribution is 9.10. The molecule has 0 unspecified atom stereocenters. The standard InChI is InChI=1S/C11H14BrFN2/c12-11-9(2-1-3-10(11)13)8-15-6-4-14-5-7-15/h1-3,14H,4-8H2. The molecule has 82 valence electrons. The number of benzene rings is 1. The Labute approximate surface area is 97.6 Å². The summed E-state index contributed by atoms with van der Waals surface area (Å²) in [5, 5.41) is 3.30. The van der Waals surface area contributed by atoms with E-state index in [0.717, 1.165) is 38.3 Å². The third kappa shape index (κ3) is 2.77. The Bertz CT molecular complexity index is 337. The summed E-state index contributed by atoms with van der Waals surface area (Å²) in [6, 6.07) is 5.21. The zero-order valence-corrected chi connectivity index (χ0v) is 10.1. The van der Waals surface area contributed by atoms with E-state index in [2.05, 4.69) is 26.1 Å². The lowest BCUT2D eigenvalue weighted by atomic mass is 10.2. The molecule has 2 rings (SSSR count). The van der Waals surface area contributed by atoms with Crippen LogP contribution < -0.4 is 5.32 Å². The van der Waals surface area contributed by atoms with Crippen molar-refractivity contribution in [2.75, 3.05) is 26.2 Å². The fourth-order valence-corrected chi connectivity index (χ4v) is 2.17. The highest BCUT2D eigenvalue weighted by Gasteiger charge is 2.12. The van der Waals surface area contributed by atoms with E-state index in [0.29, 0.717) is 4.47 Å². The van der Waals surface area contributed by atoms with Crippen LogP contribution in [-0.4, -0.2) is 31.1 Å². The average molecular weight is 273 g/mol. The van der Waals surface area contributed by atoms with Gasteiger partial charge in [0.15, 0.2) is 0 Å². The zero-order chi connectivity index (χ0) is 10.7. The fourth-order valence-electron chi connectivity index (χ4n) is 1.78. The van der Waals surface area contributed by atoms with Crippen molar-refractivity contribution in [3.63, 3.8) is 0 Å². The van der Waals surface area contributed by atoms with Gasteiger partial charge in [-0.05, 0) is 27.6 Å². The molecule has 0 aliphatic carbocycles. The average Bonchev–Trinajstić information content (AvgIpc) is 2.26. The van der Waals surface area contributed by atoms with Crippen LogP contribution in [0, 0.1) is 5.82 Å². The largest absolute Gasteiger partial charge is 0.314 e. The third-order valence-electron chi connectivity index (χ3n) is 2.64. The Morgan fingerprint density at radius 3 is 2.80 bits per heavy atom. The molecule has 4 heteroatoms. The summed E-state index contributed by atoms with van der Waals surface area (Å²) >= 11 is 3.29. The van der Waals surface area contributed by atoms with Gasteiger partial charge >= 0.3 is 0 Å². The molecule has 1 heterocycles. The van der Waals surface area contributed by atoms with Crippen molar-refractivity contribution in [2.24, 2.45) is 0 Å². The van der Waals surface area contributed by atoms with Gasteiger partial charge in [0, 0.05) is 32.7 Å². The summed E-state index contributed by atoms with van der Waals surface area (Å²) in [6.07, 6.45) is 0. The molecule has 1 aliphatic heterocycles. The van der Waals surface area contributed by atoms with Crippen LogP contribution in [0.3, 0.4) is 0 Å². The smallest absolute Gasteiger partial charge is 0.137 e. The maximum Gasteiger partial charge on any atom is 0.137 e. The zero-order valence-electron chi connectivity index (χ0n) is 8.47. The molecule has 1 fully saturated rings. The first-order valence-corrected chi connectivity index (χ1v) is 5.92. The van der Waals surface area contributed by atoms with Crippen molar-refractivity contribution in [3.8, 4) is 0 Å². The van der Waals surface area contributed by atoms with Crippen molar-refractivity contribution in [3.05, 3.63) is 34.1 Å². The van der Waals surface area contributed by atoms with E-state index in [4.69, 9.17) is 0 Å². The van der Waals surface area contributed by atoms with Crippen LogP contribution in [0.25, 0.3) is 0 Å². The maximum atomic E-state index is 13.3. The second-order valence-electron chi connectivity index (χ2n) is 3.74. The minimum absolute atomic E-state index is 0.178. The quantitative estimate of drug-likeness (QED) is 0.886. The second kappa shape index (κ2) is 5.05. The van der Waals surface area contributed by atoms with Crippen molar-refractivity contribution < 1.29 is 4.39 Å². The molecular weight excluding hydrogens is 259 g/mol. The van der Waals surface area contributed by atoms with E-state index in [9.17, 15) is 4.39 Å². The van der Waals surface area contributed by atoms with E-state index < -0.39 is 0 Å². The molecule has 0 atom stereocenters. The molecule has 1 saturated heterocycles. The minimum Gasteiger partial charge on any atom is -0.314 e. The van der Waals surface area contributed by atoms with Gasteiger partial charge in [0.05, 0.1) is 4.47 Å². The fraction of sp³-hybridized carbons (Fsp3) is 0.455. The molecule has 1 N–H and O–H groups in total. The number of hydrogen-bond acceptors (Lipinski definition) is 2. The normalized spacial score (nSPS) is 18.0. The first-order chi connectivity index (χ1) is 7.27. The first kappa shape index (κ1) is 11.0. The number of nitrogens with one attached hydrogen (secondary N) is 1. The molecule has 1 aliphatic rings. The maximum absolute atomic E-state index is 13.3. The van der Waals surface area contributed by atoms with Gasteiger partial charge in [-0.15, -0.1) is 0 Å². The molecular formula is C11H14BrFN2. The van der Waals surface area contributed by atoms with Crippen LogP contribution >= 0.6 is 15.9 Å². The van der Waals surface area contributed by atoms with Gasteiger partial charge in [0.25, 0.3) is 0 Å². The molecule has 0 amide bonds. The molecule has 0 aromatic heterocycles. The summed E-state index contributed by atoms with van der Waals surface area (Å²) in [7, 11) is 0. The van der Waals surface area contributed by atoms with E-state index in [1.54, 1.807) is 6.07 Å². The lowest BCUT2D eigenvalue weighted by Gasteiger charge is -2.27. The summed E-state index contributed by atoms with van der Waals surface area (Å²) in [4.78, 5) is 2.33. The number of nitrogens with zero attached hydrogens (tertiary/aromatic N) is 1. The van der Waals surface area contributed by atoms with E-state index in [1.165, 1.54) is 6.07 Å². The summed E-state index contributed by atoms with van der Waals surface area (Å²) in [6.45, 7) is 4.92. The molecule has 1 aromatic carbocycles. The Hall–Kier alpha value is -0.450. The van der Waals surface area contributed by atoms with Gasteiger partial charge in [-0.25, -0.2) is 4.39 Å². The van der Waals surface area contributed by atoms with Gasteiger partial charge < -0.3 is 5.32 Å². The van der Waals surface area contributed by atoms with Gasteiger partial charge in [-0.3, -0.25) is 4.90 Å². The van der Waals surface area contributed by atoms with E-state index in [-0.39, 0.29) is 5.82 Å². The molecule has 2 nitrogen and oxygen atoms in total. The van der Waals surface area contributed by atoms with Crippen LogP contribution in [0.1, 0.15) is 5.56 Å². The van der Waals surface area contributed by atoms with Gasteiger partial charge in [-0.2, -0.15) is 0 Å². The Morgan fingerprint density at radius 1 is 1.33 bits per heavy atom. The molecule has 0 radical (unpaired) electrons. The SMILES string of the molecule is Fc1cccc(CN2CCNCC2)c1Br. The third-order valence-corrected chi connectivity index (χ3v) is 3.52. The highest BCUT2D eigenvalue weighted by Crippen LogP contribution is 2.21. The van der Waals surface area contributed by atoms with Crippen LogP contribution in [0.15, 0.2) is 22.7 Å². The van der Waals surface area contributed by atoms with Crippen molar-refractivity contribution in [2.45, 2.75) is 6.54 Å². The lowest BCUT2D eigenvalue weighted by molar-refractivity contribution is 0.232. The lowest BCUT2D eigenvalue weighted by Crippen LogP contribution is -2.42. The summed E-state index contributed by atoms with van der Waals surface area (Å²) < 4.78 is 13.9. The minimum atomic E-state index is -0.178. The number of piperazine rings is 1. The van der Waals surface area contributed by atoms with Crippen LogP contribution in [0.2, 0.25) is 0 Å². The number of hydrogen-bond donors (Lipinski definition) is 1.